The quantitative estimate of drug-likeness (QED) is 0.886. The molecule has 1 atom stereocenters. The molecule has 0 fully saturated rings. The van der Waals surface area contributed by atoms with Gasteiger partial charge in [-0.25, -0.2) is 4.39 Å². The Balaban J connectivity index is 3.03. The molecule has 1 aromatic rings. The van der Waals surface area contributed by atoms with Crippen LogP contribution in [0, 0.1) is 5.82 Å². The van der Waals surface area contributed by atoms with E-state index in [9.17, 15) is 9.50 Å². The van der Waals surface area contributed by atoms with E-state index in [0.717, 1.165) is 5.56 Å². The van der Waals surface area contributed by atoms with Crippen molar-refractivity contribution in [2.24, 2.45) is 0 Å². The maximum atomic E-state index is 13.4. The van der Waals surface area contributed by atoms with E-state index in [2.05, 4.69) is 15.9 Å². The standard InChI is InChI=1S/C11H14BrFO/c1-3-9-5-8(4-7(2)14)6-10(12)11(9)13/h5-7,14H,3-4H2,1-2H3. The molecule has 1 rings (SSSR count). The summed E-state index contributed by atoms with van der Waals surface area (Å²) in [6.45, 7) is 3.64. The number of benzene rings is 1. The van der Waals surface area contributed by atoms with Gasteiger partial charge in [0.05, 0.1) is 10.6 Å². The molecule has 0 aliphatic rings. The number of aryl methyl sites for hydroxylation is 1. The van der Waals surface area contributed by atoms with E-state index in [1.165, 1.54) is 0 Å². The average Bonchev–Trinajstić information content (AvgIpc) is 2.10. The van der Waals surface area contributed by atoms with Crippen molar-refractivity contribution in [3.05, 3.63) is 33.5 Å². The Morgan fingerprint density at radius 2 is 2.14 bits per heavy atom. The summed E-state index contributed by atoms with van der Waals surface area (Å²) in [7, 11) is 0. The first-order valence-electron chi connectivity index (χ1n) is 4.69. The van der Waals surface area contributed by atoms with E-state index in [1.54, 1.807) is 13.0 Å². The van der Waals surface area contributed by atoms with Crippen molar-refractivity contribution in [1.82, 2.24) is 0 Å². The van der Waals surface area contributed by atoms with Gasteiger partial charge in [-0.2, -0.15) is 0 Å². The zero-order valence-electron chi connectivity index (χ0n) is 8.35. The minimum Gasteiger partial charge on any atom is -0.393 e. The van der Waals surface area contributed by atoms with Gasteiger partial charge in [0.1, 0.15) is 5.82 Å². The lowest BCUT2D eigenvalue weighted by atomic mass is 10.0. The minimum atomic E-state index is -0.392. The second kappa shape index (κ2) is 4.89. The molecule has 78 valence electrons. The molecule has 0 aliphatic heterocycles. The summed E-state index contributed by atoms with van der Waals surface area (Å²) in [6.07, 6.45) is 0.835. The van der Waals surface area contributed by atoms with Gasteiger partial charge in [-0.1, -0.05) is 13.0 Å². The maximum absolute atomic E-state index is 13.4. The highest BCUT2D eigenvalue weighted by atomic mass is 79.9. The van der Waals surface area contributed by atoms with Crippen LogP contribution in [-0.4, -0.2) is 11.2 Å². The maximum Gasteiger partial charge on any atom is 0.140 e. The summed E-state index contributed by atoms with van der Waals surface area (Å²) in [5.41, 5.74) is 1.65. The predicted octanol–water partition coefficient (Wildman–Crippen LogP) is 3.07. The lowest BCUT2D eigenvalue weighted by Gasteiger charge is -2.08. The Kier molecular flexibility index (Phi) is 4.08. The molecule has 0 bridgehead atoms. The first-order chi connectivity index (χ1) is 6.54. The molecule has 0 saturated carbocycles. The van der Waals surface area contributed by atoms with Crippen LogP contribution in [0.2, 0.25) is 0 Å². The summed E-state index contributed by atoms with van der Waals surface area (Å²) in [6, 6.07) is 3.54. The van der Waals surface area contributed by atoms with Crippen LogP contribution >= 0.6 is 15.9 Å². The van der Waals surface area contributed by atoms with Gasteiger partial charge in [-0.15, -0.1) is 0 Å². The van der Waals surface area contributed by atoms with E-state index in [-0.39, 0.29) is 5.82 Å². The third kappa shape index (κ3) is 2.79. The van der Waals surface area contributed by atoms with Gasteiger partial charge < -0.3 is 5.11 Å². The van der Waals surface area contributed by atoms with Crippen LogP contribution in [0.3, 0.4) is 0 Å². The molecule has 0 heterocycles. The van der Waals surface area contributed by atoms with Gasteiger partial charge in [0.15, 0.2) is 0 Å². The molecule has 1 unspecified atom stereocenters. The molecule has 1 aromatic carbocycles. The van der Waals surface area contributed by atoms with Crippen molar-refractivity contribution >= 4 is 15.9 Å². The Morgan fingerprint density at radius 3 is 2.64 bits per heavy atom. The Bertz CT molecular complexity index is 323. The molecular formula is C11H14BrFO. The van der Waals surface area contributed by atoms with Crippen LogP contribution in [-0.2, 0) is 12.8 Å². The van der Waals surface area contributed by atoms with Gasteiger partial charge in [0.2, 0.25) is 0 Å². The van der Waals surface area contributed by atoms with Crippen LogP contribution in [0.15, 0.2) is 16.6 Å². The van der Waals surface area contributed by atoms with Gasteiger partial charge >= 0.3 is 0 Å². The van der Waals surface area contributed by atoms with Crippen LogP contribution < -0.4 is 0 Å². The molecule has 3 heteroatoms. The fraction of sp³-hybridized carbons (Fsp3) is 0.455. The van der Waals surface area contributed by atoms with Crippen molar-refractivity contribution in [2.75, 3.05) is 0 Å². The van der Waals surface area contributed by atoms with Crippen molar-refractivity contribution in [3.8, 4) is 0 Å². The molecular weight excluding hydrogens is 247 g/mol. The fourth-order valence-corrected chi connectivity index (χ4v) is 1.97. The first-order valence-corrected chi connectivity index (χ1v) is 5.48. The topological polar surface area (TPSA) is 20.2 Å². The number of aliphatic hydroxyl groups is 1. The molecule has 1 nitrogen and oxygen atoms in total. The van der Waals surface area contributed by atoms with Crippen LogP contribution in [0.5, 0.6) is 0 Å². The Morgan fingerprint density at radius 1 is 1.50 bits per heavy atom. The largest absolute Gasteiger partial charge is 0.393 e. The van der Waals surface area contributed by atoms with Gasteiger partial charge in [-0.05, 0) is 52.9 Å². The Hall–Kier alpha value is -0.410. The molecule has 14 heavy (non-hydrogen) atoms. The summed E-state index contributed by atoms with van der Waals surface area (Å²) in [5, 5.41) is 9.22. The number of halogens is 2. The number of rotatable bonds is 3. The lowest BCUT2D eigenvalue weighted by molar-refractivity contribution is 0.195. The highest BCUT2D eigenvalue weighted by Gasteiger charge is 2.08. The van der Waals surface area contributed by atoms with Crippen LogP contribution in [0.25, 0.3) is 0 Å². The summed E-state index contributed by atoms with van der Waals surface area (Å²) in [5.74, 6) is -0.193. The van der Waals surface area contributed by atoms with Crippen molar-refractivity contribution in [3.63, 3.8) is 0 Å². The monoisotopic (exact) mass is 260 g/mol. The number of hydrogen-bond acceptors (Lipinski definition) is 1. The molecule has 0 radical (unpaired) electrons. The lowest BCUT2D eigenvalue weighted by Crippen LogP contribution is -2.05. The summed E-state index contributed by atoms with van der Waals surface area (Å²) < 4.78 is 13.9. The Labute approximate surface area is 92.1 Å². The minimum absolute atomic E-state index is 0.193. The molecule has 0 amide bonds. The van der Waals surface area contributed by atoms with E-state index in [4.69, 9.17) is 0 Å². The highest BCUT2D eigenvalue weighted by molar-refractivity contribution is 9.10. The summed E-state index contributed by atoms with van der Waals surface area (Å²) in [4.78, 5) is 0. The molecule has 0 aromatic heterocycles. The first kappa shape index (κ1) is 11.7. The van der Waals surface area contributed by atoms with Crippen molar-refractivity contribution < 1.29 is 9.50 Å². The third-order valence-electron chi connectivity index (χ3n) is 2.08. The molecule has 1 N–H and O–H groups in total. The molecule has 0 saturated heterocycles. The molecule has 0 aliphatic carbocycles. The normalized spacial score (nSPS) is 12.9. The van der Waals surface area contributed by atoms with E-state index >= 15 is 0 Å². The zero-order chi connectivity index (χ0) is 10.7. The number of hydrogen-bond donors (Lipinski definition) is 1. The second-order valence-electron chi connectivity index (χ2n) is 3.46. The smallest absolute Gasteiger partial charge is 0.140 e. The molecule has 0 spiro atoms. The predicted molar refractivity (Wildman–Crippen MR) is 58.9 cm³/mol. The van der Waals surface area contributed by atoms with Crippen LogP contribution in [0.1, 0.15) is 25.0 Å². The van der Waals surface area contributed by atoms with E-state index < -0.39 is 6.10 Å². The summed E-state index contributed by atoms with van der Waals surface area (Å²) >= 11 is 3.17. The van der Waals surface area contributed by atoms with E-state index in [0.29, 0.717) is 22.9 Å². The van der Waals surface area contributed by atoms with E-state index in [1.807, 2.05) is 13.0 Å². The average molecular weight is 261 g/mol. The third-order valence-corrected chi connectivity index (χ3v) is 2.65. The number of aliphatic hydroxyl groups excluding tert-OH is 1. The van der Waals surface area contributed by atoms with Crippen molar-refractivity contribution in [2.45, 2.75) is 32.8 Å². The van der Waals surface area contributed by atoms with Crippen LogP contribution in [0.4, 0.5) is 4.39 Å². The van der Waals surface area contributed by atoms with Gasteiger partial charge in [-0.3, -0.25) is 0 Å². The highest BCUT2D eigenvalue weighted by Crippen LogP contribution is 2.22. The zero-order valence-corrected chi connectivity index (χ0v) is 9.94. The van der Waals surface area contributed by atoms with Crippen molar-refractivity contribution in [1.29, 1.82) is 0 Å². The SMILES string of the molecule is CCc1cc(CC(C)O)cc(Br)c1F. The van der Waals surface area contributed by atoms with Gasteiger partial charge in [0, 0.05) is 0 Å². The second-order valence-corrected chi connectivity index (χ2v) is 4.31. The van der Waals surface area contributed by atoms with Gasteiger partial charge in [0.25, 0.3) is 0 Å². The fourth-order valence-electron chi connectivity index (χ4n) is 1.42.